The number of rotatable bonds is 3. The fourth-order valence-corrected chi connectivity index (χ4v) is 1.75. The number of nitrogens with one attached hydrogen (secondary N) is 1. The number of aromatic hydroxyl groups is 1. The number of benzene rings is 2. The van der Waals surface area contributed by atoms with Gasteiger partial charge in [-0.15, -0.1) is 0 Å². The minimum Gasteiger partial charge on any atom is -0.508 e. The molecule has 0 saturated heterocycles. The summed E-state index contributed by atoms with van der Waals surface area (Å²) in [6.07, 6.45) is 0. The number of hydrogen-bond donors (Lipinski definition) is 2. The molecular weight excluding hydrogens is 245 g/mol. The Morgan fingerprint density at radius 2 is 1.89 bits per heavy atom. The van der Waals surface area contributed by atoms with E-state index in [9.17, 15) is 14.3 Å². The lowest BCUT2D eigenvalue weighted by atomic mass is 10.1. The van der Waals surface area contributed by atoms with Crippen LogP contribution in [0.2, 0.25) is 0 Å². The Hall–Kier alpha value is -2.36. The molecule has 0 heterocycles. The monoisotopic (exact) mass is 259 g/mol. The zero-order valence-electron chi connectivity index (χ0n) is 10.5. The maximum absolute atomic E-state index is 12.7. The van der Waals surface area contributed by atoms with Gasteiger partial charge in [0.15, 0.2) is 0 Å². The van der Waals surface area contributed by atoms with Gasteiger partial charge in [-0.05, 0) is 36.8 Å². The summed E-state index contributed by atoms with van der Waals surface area (Å²) in [5.74, 6) is -0.481. The molecule has 0 atom stereocenters. The summed E-state index contributed by atoms with van der Waals surface area (Å²) in [7, 11) is 0. The molecule has 98 valence electrons. The second kappa shape index (κ2) is 5.52. The summed E-state index contributed by atoms with van der Waals surface area (Å²) in [4.78, 5) is 12.0. The number of phenols is 1. The van der Waals surface area contributed by atoms with Crippen molar-refractivity contribution in [2.75, 3.05) is 0 Å². The number of halogens is 1. The third-order valence-corrected chi connectivity index (χ3v) is 2.92. The van der Waals surface area contributed by atoms with E-state index in [1.54, 1.807) is 31.2 Å². The minimum atomic E-state index is -0.307. The van der Waals surface area contributed by atoms with Crippen LogP contribution in [-0.4, -0.2) is 11.0 Å². The van der Waals surface area contributed by atoms with E-state index in [0.717, 1.165) is 5.56 Å². The molecule has 2 rings (SSSR count). The molecule has 1 amide bonds. The Morgan fingerprint density at radius 1 is 1.21 bits per heavy atom. The third-order valence-electron chi connectivity index (χ3n) is 2.92. The number of hydrogen-bond acceptors (Lipinski definition) is 2. The van der Waals surface area contributed by atoms with Gasteiger partial charge in [0.25, 0.3) is 5.91 Å². The molecule has 19 heavy (non-hydrogen) atoms. The Morgan fingerprint density at radius 3 is 2.58 bits per heavy atom. The van der Waals surface area contributed by atoms with Crippen molar-refractivity contribution in [2.45, 2.75) is 13.5 Å². The summed E-state index contributed by atoms with van der Waals surface area (Å²) >= 11 is 0. The first kappa shape index (κ1) is 13.1. The molecule has 0 spiro atoms. The quantitative estimate of drug-likeness (QED) is 0.890. The van der Waals surface area contributed by atoms with Crippen LogP contribution in [0.15, 0.2) is 42.5 Å². The molecule has 0 bridgehead atoms. The molecule has 0 saturated carbocycles. The molecular formula is C15H14FNO2. The molecule has 0 aliphatic heterocycles. The van der Waals surface area contributed by atoms with Crippen molar-refractivity contribution in [2.24, 2.45) is 0 Å². The van der Waals surface area contributed by atoms with E-state index in [0.29, 0.717) is 17.7 Å². The van der Waals surface area contributed by atoms with Crippen LogP contribution in [-0.2, 0) is 6.54 Å². The van der Waals surface area contributed by atoms with Crippen molar-refractivity contribution in [3.05, 3.63) is 65.0 Å². The molecule has 0 aliphatic rings. The molecule has 4 heteroatoms. The number of phenolic OH excluding ortho intramolecular Hbond substituents is 1. The van der Waals surface area contributed by atoms with E-state index in [2.05, 4.69) is 5.32 Å². The lowest BCUT2D eigenvalue weighted by molar-refractivity contribution is 0.0950. The van der Waals surface area contributed by atoms with Crippen molar-refractivity contribution in [3.8, 4) is 5.75 Å². The van der Waals surface area contributed by atoms with E-state index >= 15 is 0 Å². The zero-order valence-corrected chi connectivity index (χ0v) is 10.5. The van der Waals surface area contributed by atoms with Crippen LogP contribution < -0.4 is 5.32 Å². The van der Waals surface area contributed by atoms with Gasteiger partial charge in [-0.25, -0.2) is 4.39 Å². The molecule has 0 radical (unpaired) electrons. The van der Waals surface area contributed by atoms with E-state index < -0.39 is 0 Å². The fraction of sp³-hybridized carbons (Fsp3) is 0.133. The number of carbonyl (C=O) groups is 1. The van der Waals surface area contributed by atoms with E-state index in [1.807, 2.05) is 0 Å². The van der Waals surface area contributed by atoms with Crippen LogP contribution in [0.4, 0.5) is 4.39 Å². The number of amides is 1. The first-order valence-electron chi connectivity index (χ1n) is 5.89. The van der Waals surface area contributed by atoms with E-state index in [4.69, 9.17) is 0 Å². The average Bonchev–Trinajstić information content (AvgIpc) is 2.41. The molecule has 0 aromatic heterocycles. The topological polar surface area (TPSA) is 49.3 Å². The molecule has 2 N–H and O–H groups in total. The lowest BCUT2D eigenvalue weighted by Crippen LogP contribution is -2.23. The Labute approximate surface area is 110 Å². The smallest absolute Gasteiger partial charge is 0.251 e. The summed E-state index contributed by atoms with van der Waals surface area (Å²) in [5.41, 5.74) is 1.79. The van der Waals surface area contributed by atoms with Gasteiger partial charge < -0.3 is 10.4 Å². The maximum Gasteiger partial charge on any atom is 0.251 e. The van der Waals surface area contributed by atoms with Gasteiger partial charge in [0.05, 0.1) is 0 Å². The lowest BCUT2D eigenvalue weighted by Gasteiger charge is -2.08. The highest BCUT2D eigenvalue weighted by Gasteiger charge is 2.10. The average molecular weight is 259 g/mol. The highest BCUT2D eigenvalue weighted by molar-refractivity contribution is 5.96. The third kappa shape index (κ3) is 3.10. The SMILES string of the molecule is Cc1c(O)cccc1C(=O)NCc1ccc(F)cc1. The van der Waals surface area contributed by atoms with Crippen molar-refractivity contribution >= 4 is 5.91 Å². The summed E-state index contributed by atoms with van der Waals surface area (Å²) in [6.45, 7) is 2.00. The first-order valence-corrected chi connectivity index (χ1v) is 5.89. The fourth-order valence-electron chi connectivity index (χ4n) is 1.75. The van der Waals surface area contributed by atoms with Gasteiger partial charge in [-0.1, -0.05) is 18.2 Å². The minimum absolute atomic E-state index is 0.0921. The molecule has 2 aromatic rings. The first-order chi connectivity index (χ1) is 9.08. The highest BCUT2D eigenvalue weighted by Crippen LogP contribution is 2.19. The van der Waals surface area contributed by atoms with Crippen LogP contribution in [0, 0.1) is 12.7 Å². The second-order valence-corrected chi connectivity index (χ2v) is 4.26. The maximum atomic E-state index is 12.7. The summed E-state index contributed by atoms with van der Waals surface area (Å²) in [5, 5.41) is 12.3. The predicted octanol–water partition coefficient (Wildman–Crippen LogP) is 2.77. The molecule has 3 nitrogen and oxygen atoms in total. The van der Waals surface area contributed by atoms with Crippen LogP contribution in [0.3, 0.4) is 0 Å². The van der Waals surface area contributed by atoms with Gasteiger partial charge in [0.1, 0.15) is 11.6 Å². The summed E-state index contributed by atoms with van der Waals surface area (Å²) < 4.78 is 12.7. The van der Waals surface area contributed by atoms with E-state index in [-0.39, 0.29) is 17.5 Å². The Bertz CT molecular complexity index is 594. The van der Waals surface area contributed by atoms with E-state index in [1.165, 1.54) is 18.2 Å². The van der Waals surface area contributed by atoms with Crippen LogP contribution in [0.5, 0.6) is 5.75 Å². The van der Waals surface area contributed by atoms with Gasteiger partial charge >= 0.3 is 0 Å². The van der Waals surface area contributed by atoms with Gasteiger partial charge in [0.2, 0.25) is 0 Å². The van der Waals surface area contributed by atoms with Gasteiger partial charge in [-0.2, -0.15) is 0 Å². The molecule has 0 unspecified atom stereocenters. The normalized spacial score (nSPS) is 10.2. The number of carbonyl (C=O) groups excluding carboxylic acids is 1. The van der Waals surface area contributed by atoms with Crippen molar-refractivity contribution < 1.29 is 14.3 Å². The zero-order chi connectivity index (χ0) is 13.8. The van der Waals surface area contributed by atoms with Crippen molar-refractivity contribution in [1.29, 1.82) is 0 Å². The van der Waals surface area contributed by atoms with Crippen molar-refractivity contribution in [1.82, 2.24) is 5.32 Å². The largest absolute Gasteiger partial charge is 0.508 e. The molecule has 0 aliphatic carbocycles. The predicted molar refractivity (Wildman–Crippen MR) is 70.4 cm³/mol. The van der Waals surface area contributed by atoms with Crippen LogP contribution in [0.25, 0.3) is 0 Å². The Kier molecular flexibility index (Phi) is 3.80. The van der Waals surface area contributed by atoms with Crippen LogP contribution >= 0.6 is 0 Å². The highest BCUT2D eigenvalue weighted by atomic mass is 19.1. The standard InChI is InChI=1S/C15H14FNO2/c1-10-13(3-2-4-14(10)18)15(19)17-9-11-5-7-12(16)8-6-11/h2-8,18H,9H2,1H3,(H,17,19). The van der Waals surface area contributed by atoms with Crippen LogP contribution in [0.1, 0.15) is 21.5 Å². The Balaban J connectivity index is 2.05. The molecule has 0 fully saturated rings. The summed E-state index contributed by atoms with van der Waals surface area (Å²) in [6, 6.07) is 10.7. The van der Waals surface area contributed by atoms with Gasteiger partial charge in [0, 0.05) is 17.7 Å². The second-order valence-electron chi connectivity index (χ2n) is 4.26. The van der Waals surface area contributed by atoms with Crippen molar-refractivity contribution in [3.63, 3.8) is 0 Å². The van der Waals surface area contributed by atoms with Gasteiger partial charge in [-0.3, -0.25) is 4.79 Å². The molecule has 2 aromatic carbocycles.